The number of ether oxygens (including phenoxy) is 2. The normalized spacial score (nSPS) is 23.1. The van der Waals surface area contributed by atoms with Gasteiger partial charge in [0, 0.05) is 45.3 Å². The van der Waals surface area contributed by atoms with Crippen molar-refractivity contribution in [1.82, 2.24) is 15.1 Å². The van der Waals surface area contributed by atoms with Crippen molar-refractivity contribution in [3.05, 3.63) is 23.8 Å². The van der Waals surface area contributed by atoms with Crippen molar-refractivity contribution in [3.63, 3.8) is 0 Å². The van der Waals surface area contributed by atoms with E-state index in [0.29, 0.717) is 6.61 Å². The minimum absolute atomic E-state index is 0.713. The number of nitrogens with one attached hydrogen (secondary N) is 1. The molecule has 2 aliphatic rings. The highest BCUT2D eigenvalue weighted by Crippen LogP contribution is 2.27. The lowest BCUT2D eigenvalue weighted by Gasteiger charge is -2.37. The van der Waals surface area contributed by atoms with Crippen LogP contribution in [0.4, 0.5) is 0 Å². The van der Waals surface area contributed by atoms with Crippen molar-refractivity contribution in [2.45, 2.75) is 19.4 Å². The molecule has 0 radical (unpaired) electrons. The van der Waals surface area contributed by atoms with Gasteiger partial charge in [0.05, 0.1) is 7.11 Å². The summed E-state index contributed by atoms with van der Waals surface area (Å²) in [6, 6.07) is 6.83. The van der Waals surface area contributed by atoms with Gasteiger partial charge in [-0.2, -0.15) is 0 Å². The zero-order valence-corrected chi connectivity index (χ0v) is 14.4. The quantitative estimate of drug-likeness (QED) is 0.857. The number of rotatable bonds is 6. The van der Waals surface area contributed by atoms with Gasteiger partial charge >= 0.3 is 0 Å². The lowest BCUT2D eigenvalue weighted by atomic mass is 10.2. The van der Waals surface area contributed by atoms with Crippen molar-refractivity contribution >= 4 is 0 Å². The number of nitrogens with zero attached hydrogens (tertiary/aromatic N) is 2. The Balaban J connectivity index is 1.40. The predicted octanol–water partition coefficient (Wildman–Crippen LogP) is 1.36. The van der Waals surface area contributed by atoms with E-state index in [-0.39, 0.29) is 0 Å². The first kappa shape index (κ1) is 16.6. The maximum atomic E-state index is 5.92. The fraction of sp³-hybridized carbons (Fsp3) is 0.667. The van der Waals surface area contributed by atoms with Crippen molar-refractivity contribution in [3.8, 4) is 11.5 Å². The van der Waals surface area contributed by atoms with Gasteiger partial charge in [-0.15, -0.1) is 0 Å². The first-order valence-electron chi connectivity index (χ1n) is 8.71. The molecule has 0 unspecified atom stereocenters. The molecule has 0 bridgehead atoms. The van der Waals surface area contributed by atoms with E-state index < -0.39 is 0 Å². The third-order valence-electron chi connectivity index (χ3n) is 4.94. The SMILES string of the molecule is COc1cc(C)ccc1OCCN1CCN([C@@H]2CCNC2)CC1. The Bertz CT molecular complexity index is 495. The molecular formula is C18H29N3O2. The van der Waals surface area contributed by atoms with Crippen LogP contribution in [0.15, 0.2) is 18.2 Å². The third-order valence-corrected chi connectivity index (χ3v) is 4.94. The number of piperazine rings is 1. The van der Waals surface area contributed by atoms with E-state index >= 15 is 0 Å². The van der Waals surface area contributed by atoms with Crippen LogP contribution in [0.5, 0.6) is 11.5 Å². The smallest absolute Gasteiger partial charge is 0.161 e. The third kappa shape index (κ3) is 4.37. The van der Waals surface area contributed by atoms with E-state index in [2.05, 4.69) is 28.1 Å². The highest BCUT2D eigenvalue weighted by atomic mass is 16.5. The molecule has 3 rings (SSSR count). The minimum atomic E-state index is 0.713. The lowest BCUT2D eigenvalue weighted by molar-refractivity contribution is 0.0917. The maximum Gasteiger partial charge on any atom is 0.161 e. The monoisotopic (exact) mass is 319 g/mol. The summed E-state index contributed by atoms with van der Waals surface area (Å²) in [6.07, 6.45) is 1.30. The van der Waals surface area contributed by atoms with Crippen LogP contribution in [-0.4, -0.2) is 75.4 Å². The molecule has 128 valence electrons. The highest BCUT2D eigenvalue weighted by Gasteiger charge is 2.25. The molecule has 2 heterocycles. The Hall–Kier alpha value is -1.30. The number of hydrogen-bond donors (Lipinski definition) is 1. The summed E-state index contributed by atoms with van der Waals surface area (Å²) in [7, 11) is 1.69. The van der Waals surface area contributed by atoms with Gasteiger partial charge in [-0.25, -0.2) is 0 Å². The molecule has 2 aliphatic heterocycles. The van der Waals surface area contributed by atoms with Crippen LogP contribution >= 0.6 is 0 Å². The largest absolute Gasteiger partial charge is 0.493 e. The number of aryl methyl sites for hydroxylation is 1. The molecule has 1 aromatic carbocycles. The summed E-state index contributed by atoms with van der Waals surface area (Å²) in [6.45, 7) is 10.7. The first-order valence-corrected chi connectivity index (χ1v) is 8.71. The molecule has 2 fully saturated rings. The molecule has 5 nitrogen and oxygen atoms in total. The van der Waals surface area contributed by atoms with E-state index in [1.165, 1.54) is 31.6 Å². The van der Waals surface area contributed by atoms with Crippen molar-refractivity contribution in [1.29, 1.82) is 0 Å². The van der Waals surface area contributed by atoms with Gasteiger partial charge in [0.25, 0.3) is 0 Å². The lowest BCUT2D eigenvalue weighted by Crippen LogP contribution is -2.51. The van der Waals surface area contributed by atoms with Crippen LogP contribution in [0.3, 0.4) is 0 Å². The Kier molecular flexibility index (Phi) is 5.75. The molecule has 0 saturated carbocycles. The molecule has 23 heavy (non-hydrogen) atoms. The average molecular weight is 319 g/mol. The topological polar surface area (TPSA) is 37.0 Å². The van der Waals surface area contributed by atoms with Crippen LogP contribution in [0.2, 0.25) is 0 Å². The Morgan fingerprint density at radius 2 is 2.00 bits per heavy atom. The van der Waals surface area contributed by atoms with E-state index in [1.807, 2.05) is 12.1 Å². The highest BCUT2D eigenvalue weighted by molar-refractivity contribution is 5.42. The van der Waals surface area contributed by atoms with E-state index in [0.717, 1.165) is 43.7 Å². The van der Waals surface area contributed by atoms with Gasteiger partial charge in [0.1, 0.15) is 6.61 Å². The first-order chi connectivity index (χ1) is 11.3. The van der Waals surface area contributed by atoms with E-state index in [4.69, 9.17) is 9.47 Å². The van der Waals surface area contributed by atoms with Crippen molar-refractivity contribution in [2.24, 2.45) is 0 Å². The van der Waals surface area contributed by atoms with Gasteiger partial charge in [-0.3, -0.25) is 9.80 Å². The summed E-state index contributed by atoms with van der Waals surface area (Å²) in [4.78, 5) is 5.14. The van der Waals surface area contributed by atoms with Crippen LogP contribution in [0, 0.1) is 6.92 Å². The summed E-state index contributed by atoms with van der Waals surface area (Å²) < 4.78 is 11.3. The minimum Gasteiger partial charge on any atom is -0.493 e. The van der Waals surface area contributed by atoms with E-state index in [9.17, 15) is 0 Å². The summed E-state index contributed by atoms with van der Waals surface area (Å²) in [5, 5.41) is 3.46. The van der Waals surface area contributed by atoms with Crippen LogP contribution < -0.4 is 14.8 Å². The number of methoxy groups -OCH3 is 1. The average Bonchev–Trinajstić information content (AvgIpc) is 3.11. The van der Waals surface area contributed by atoms with Gasteiger partial charge in [0.2, 0.25) is 0 Å². The summed E-state index contributed by atoms with van der Waals surface area (Å²) in [5.41, 5.74) is 1.19. The molecule has 1 N–H and O–H groups in total. The van der Waals surface area contributed by atoms with Crippen molar-refractivity contribution in [2.75, 3.05) is 59.5 Å². The second kappa shape index (κ2) is 7.99. The zero-order chi connectivity index (χ0) is 16.1. The van der Waals surface area contributed by atoms with Crippen LogP contribution in [0.1, 0.15) is 12.0 Å². The van der Waals surface area contributed by atoms with E-state index in [1.54, 1.807) is 7.11 Å². The Labute approximate surface area is 139 Å². The molecule has 1 atom stereocenters. The second-order valence-corrected chi connectivity index (χ2v) is 6.53. The van der Waals surface area contributed by atoms with Gasteiger partial charge < -0.3 is 14.8 Å². The Morgan fingerprint density at radius 3 is 2.70 bits per heavy atom. The molecule has 5 heteroatoms. The molecule has 2 saturated heterocycles. The molecule has 0 amide bonds. The standard InChI is InChI=1S/C18H29N3O2/c1-15-3-4-17(18(13-15)22-2)23-12-11-20-7-9-21(10-8-20)16-5-6-19-14-16/h3-4,13,16,19H,5-12,14H2,1-2H3/t16-/m1/s1. The Morgan fingerprint density at radius 1 is 1.17 bits per heavy atom. The van der Waals surface area contributed by atoms with Gasteiger partial charge in [-0.1, -0.05) is 6.07 Å². The van der Waals surface area contributed by atoms with Crippen molar-refractivity contribution < 1.29 is 9.47 Å². The summed E-state index contributed by atoms with van der Waals surface area (Å²) in [5.74, 6) is 1.66. The molecule has 1 aromatic rings. The fourth-order valence-electron chi connectivity index (χ4n) is 3.48. The zero-order valence-electron chi connectivity index (χ0n) is 14.4. The molecular weight excluding hydrogens is 290 g/mol. The second-order valence-electron chi connectivity index (χ2n) is 6.53. The number of hydrogen-bond acceptors (Lipinski definition) is 5. The molecule has 0 aromatic heterocycles. The fourth-order valence-corrected chi connectivity index (χ4v) is 3.48. The molecule has 0 aliphatic carbocycles. The summed E-state index contributed by atoms with van der Waals surface area (Å²) >= 11 is 0. The number of benzene rings is 1. The van der Waals surface area contributed by atoms with Gasteiger partial charge in [0.15, 0.2) is 11.5 Å². The van der Waals surface area contributed by atoms with Crippen LogP contribution in [0.25, 0.3) is 0 Å². The molecule has 0 spiro atoms. The van der Waals surface area contributed by atoms with Crippen LogP contribution in [-0.2, 0) is 0 Å². The van der Waals surface area contributed by atoms with Gasteiger partial charge in [-0.05, 0) is 37.6 Å². The maximum absolute atomic E-state index is 5.92. The predicted molar refractivity (Wildman–Crippen MR) is 92.5 cm³/mol.